The number of alkyl halides is 1. The van der Waals surface area contributed by atoms with E-state index in [1.54, 1.807) is 0 Å². The fourth-order valence-electron chi connectivity index (χ4n) is 1.66. The van der Waals surface area contributed by atoms with Crippen LogP contribution in [0.1, 0.15) is 19.3 Å². The highest BCUT2D eigenvalue weighted by Gasteiger charge is 2.50. The van der Waals surface area contributed by atoms with Gasteiger partial charge < -0.3 is 5.32 Å². The fourth-order valence-corrected chi connectivity index (χ4v) is 1.66. The van der Waals surface area contributed by atoms with Gasteiger partial charge in [0.25, 0.3) is 0 Å². The molecule has 2 fully saturated rings. The molecule has 1 aliphatic carbocycles. The van der Waals surface area contributed by atoms with E-state index in [0.717, 1.165) is 25.8 Å². The minimum absolute atomic E-state index is 0.158. The second-order valence-electron chi connectivity index (χ2n) is 3.28. The maximum absolute atomic E-state index is 13.0. The van der Waals surface area contributed by atoms with Crippen molar-refractivity contribution in [3.05, 3.63) is 0 Å². The summed E-state index contributed by atoms with van der Waals surface area (Å²) < 4.78 is 13.0. The molecule has 2 heteroatoms. The number of rotatable bonds is 0. The molecule has 1 saturated heterocycles. The highest BCUT2D eigenvalue weighted by molar-refractivity contribution is 5.02. The number of nitrogens with one attached hydrogen (secondary N) is 1. The molecule has 2 aliphatic rings. The van der Waals surface area contributed by atoms with E-state index in [-0.39, 0.29) is 5.41 Å². The van der Waals surface area contributed by atoms with Gasteiger partial charge in [-0.3, -0.25) is 0 Å². The van der Waals surface area contributed by atoms with E-state index < -0.39 is 6.17 Å². The van der Waals surface area contributed by atoms with Gasteiger partial charge in [-0.15, -0.1) is 0 Å². The van der Waals surface area contributed by atoms with Crippen LogP contribution in [0.2, 0.25) is 0 Å². The SMILES string of the molecule is FC1CNCCC12CC2. The van der Waals surface area contributed by atoms with E-state index in [0.29, 0.717) is 6.54 Å². The van der Waals surface area contributed by atoms with Crippen LogP contribution in [0.4, 0.5) is 4.39 Å². The summed E-state index contributed by atoms with van der Waals surface area (Å²) in [4.78, 5) is 0. The van der Waals surface area contributed by atoms with Crippen LogP contribution in [-0.4, -0.2) is 19.3 Å². The van der Waals surface area contributed by atoms with Gasteiger partial charge in [-0.25, -0.2) is 4.39 Å². The summed E-state index contributed by atoms with van der Waals surface area (Å²) in [7, 11) is 0. The zero-order chi connectivity index (χ0) is 6.32. The molecule has 1 unspecified atom stereocenters. The predicted molar refractivity (Wildman–Crippen MR) is 34.0 cm³/mol. The van der Waals surface area contributed by atoms with Crippen LogP contribution in [0.15, 0.2) is 0 Å². The summed E-state index contributed by atoms with van der Waals surface area (Å²) >= 11 is 0. The molecule has 1 nitrogen and oxygen atoms in total. The molecular formula is C7H12FN. The molecular weight excluding hydrogens is 117 g/mol. The largest absolute Gasteiger partial charge is 0.314 e. The van der Waals surface area contributed by atoms with Crippen LogP contribution in [0.25, 0.3) is 0 Å². The molecule has 0 amide bonds. The van der Waals surface area contributed by atoms with E-state index >= 15 is 0 Å². The van der Waals surface area contributed by atoms with Crippen molar-refractivity contribution in [1.82, 2.24) is 5.32 Å². The van der Waals surface area contributed by atoms with E-state index in [1.807, 2.05) is 0 Å². The Kier molecular flexibility index (Phi) is 1.06. The van der Waals surface area contributed by atoms with Gasteiger partial charge in [0.2, 0.25) is 0 Å². The van der Waals surface area contributed by atoms with Crippen LogP contribution < -0.4 is 5.32 Å². The van der Waals surface area contributed by atoms with Gasteiger partial charge in [0.05, 0.1) is 0 Å². The highest BCUT2D eigenvalue weighted by atomic mass is 19.1. The molecule has 0 aromatic carbocycles. The van der Waals surface area contributed by atoms with Gasteiger partial charge in [-0.05, 0) is 25.8 Å². The summed E-state index contributed by atoms with van der Waals surface area (Å²) in [6.45, 7) is 1.63. The average Bonchev–Trinajstić information content (AvgIpc) is 2.60. The standard InChI is InChI=1S/C7H12FN/c8-6-5-9-4-3-7(6)1-2-7/h6,9H,1-5H2. The van der Waals surface area contributed by atoms with Crippen molar-refractivity contribution in [2.24, 2.45) is 5.41 Å². The van der Waals surface area contributed by atoms with Crippen LogP contribution >= 0.6 is 0 Å². The first-order valence-corrected chi connectivity index (χ1v) is 3.68. The van der Waals surface area contributed by atoms with Crippen molar-refractivity contribution in [1.29, 1.82) is 0 Å². The Morgan fingerprint density at radius 3 is 2.56 bits per heavy atom. The lowest BCUT2D eigenvalue weighted by atomic mass is 9.93. The maximum Gasteiger partial charge on any atom is 0.118 e. The van der Waals surface area contributed by atoms with Gasteiger partial charge in [0, 0.05) is 12.0 Å². The Hall–Kier alpha value is -0.110. The molecule has 1 aliphatic heterocycles. The third-order valence-corrected chi connectivity index (χ3v) is 2.68. The molecule has 1 heterocycles. The summed E-state index contributed by atoms with van der Waals surface area (Å²) in [6.07, 6.45) is 2.78. The molecule has 1 N–H and O–H groups in total. The minimum Gasteiger partial charge on any atom is -0.314 e. The molecule has 2 rings (SSSR count). The second kappa shape index (κ2) is 1.69. The van der Waals surface area contributed by atoms with Crippen molar-refractivity contribution in [2.45, 2.75) is 25.4 Å². The Morgan fingerprint density at radius 1 is 1.33 bits per heavy atom. The lowest BCUT2D eigenvalue weighted by molar-refractivity contribution is 0.161. The summed E-state index contributed by atoms with van der Waals surface area (Å²) in [6, 6.07) is 0. The lowest BCUT2D eigenvalue weighted by Gasteiger charge is -2.25. The van der Waals surface area contributed by atoms with E-state index in [2.05, 4.69) is 5.32 Å². The molecule has 0 aromatic rings. The summed E-state index contributed by atoms with van der Waals surface area (Å²) in [5.74, 6) is 0. The Labute approximate surface area is 54.6 Å². The van der Waals surface area contributed by atoms with Crippen LogP contribution in [0.5, 0.6) is 0 Å². The fraction of sp³-hybridized carbons (Fsp3) is 1.00. The molecule has 0 aromatic heterocycles. The maximum atomic E-state index is 13.0. The number of piperidine rings is 1. The average molecular weight is 129 g/mol. The normalized spacial score (nSPS) is 39.0. The highest BCUT2D eigenvalue weighted by Crippen LogP contribution is 2.53. The smallest absolute Gasteiger partial charge is 0.118 e. The van der Waals surface area contributed by atoms with Crippen molar-refractivity contribution in [3.8, 4) is 0 Å². The lowest BCUT2D eigenvalue weighted by Crippen LogP contribution is -2.39. The van der Waals surface area contributed by atoms with Gasteiger partial charge in [0.1, 0.15) is 6.17 Å². The number of hydrogen-bond acceptors (Lipinski definition) is 1. The van der Waals surface area contributed by atoms with E-state index in [1.165, 1.54) is 0 Å². The first-order valence-electron chi connectivity index (χ1n) is 3.68. The molecule has 9 heavy (non-hydrogen) atoms. The molecule has 0 radical (unpaired) electrons. The summed E-state index contributed by atoms with van der Waals surface area (Å²) in [5, 5.41) is 3.06. The zero-order valence-corrected chi connectivity index (χ0v) is 5.49. The third-order valence-electron chi connectivity index (χ3n) is 2.68. The monoisotopic (exact) mass is 129 g/mol. The number of hydrogen-bond donors (Lipinski definition) is 1. The third kappa shape index (κ3) is 0.767. The summed E-state index contributed by atoms with van der Waals surface area (Å²) in [5.41, 5.74) is 0.158. The molecule has 52 valence electrons. The molecule has 1 spiro atoms. The van der Waals surface area contributed by atoms with Crippen molar-refractivity contribution < 1.29 is 4.39 Å². The van der Waals surface area contributed by atoms with Crippen molar-refractivity contribution >= 4 is 0 Å². The first kappa shape index (κ1) is 5.66. The predicted octanol–water partition coefficient (Wildman–Crippen LogP) is 1.10. The van der Waals surface area contributed by atoms with Gasteiger partial charge in [-0.1, -0.05) is 0 Å². The van der Waals surface area contributed by atoms with Crippen molar-refractivity contribution in [3.63, 3.8) is 0 Å². The second-order valence-corrected chi connectivity index (χ2v) is 3.28. The zero-order valence-electron chi connectivity index (χ0n) is 5.49. The molecule has 0 bridgehead atoms. The van der Waals surface area contributed by atoms with Crippen molar-refractivity contribution in [2.75, 3.05) is 13.1 Å². The first-order chi connectivity index (χ1) is 4.33. The molecule has 1 atom stereocenters. The van der Waals surface area contributed by atoms with E-state index in [9.17, 15) is 4.39 Å². The van der Waals surface area contributed by atoms with Crippen LogP contribution in [-0.2, 0) is 0 Å². The molecule has 1 saturated carbocycles. The van der Waals surface area contributed by atoms with Crippen LogP contribution in [0, 0.1) is 5.41 Å². The van der Waals surface area contributed by atoms with Crippen LogP contribution in [0.3, 0.4) is 0 Å². The van der Waals surface area contributed by atoms with Gasteiger partial charge >= 0.3 is 0 Å². The Balaban J connectivity index is 2.03. The minimum atomic E-state index is -0.550. The number of halogens is 1. The Morgan fingerprint density at radius 2 is 2.11 bits per heavy atom. The van der Waals surface area contributed by atoms with Gasteiger partial charge in [0.15, 0.2) is 0 Å². The topological polar surface area (TPSA) is 12.0 Å². The Bertz CT molecular complexity index is 120. The quantitative estimate of drug-likeness (QED) is 0.516. The van der Waals surface area contributed by atoms with Gasteiger partial charge in [-0.2, -0.15) is 0 Å². The van der Waals surface area contributed by atoms with E-state index in [4.69, 9.17) is 0 Å².